The number of hydrogen-bond donors (Lipinski definition) is 0. The van der Waals surface area contributed by atoms with Gasteiger partial charge in [0.25, 0.3) is 0 Å². The Balaban J connectivity index is 2.30. The standard InChI is InChI=1S/C18H16N2O4S/c1-12-4-7-18-16(8-12)20(11-14(10-19)25(18,21)22)15-6-5-13(23-2)9-17(15)24-3/h4-9,11H,1-3H3. The third-order valence-corrected chi connectivity index (χ3v) is 5.66. The number of rotatable bonds is 3. The van der Waals surface area contributed by atoms with Crippen LogP contribution in [0, 0.1) is 18.3 Å². The van der Waals surface area contributed by atoms with Gasteiger partial charge in [0, 0.05) is 12.3 Å². The first-order valence-electron chi connectivity index (χ1n) is 7.41. The summed E-state index contributed by atoms with van der Waals surface area (Å²) in [4.78, 5) is 1.43. The highest BCUT2D eigenvalue weighted by Crippen LogP contribution is 2.43. The van der Waals surface area contributed by atoms with Crippen molar-refractivity contribution >= 4 is 21.2 Å². The molecule has 0 fully saturated rings. The van der Waals surface area contributed by atoms with Crippen molar-refractivity contribution in [1.29, 1.82) is 5.26 Å². The molecular weight excluding hydrogens is 340 g/mol. The molecule has 0 saturated carbocycles. The largest absolute Gasteiger partial charge is 0.497 e. The van der Waals surface area contributed by atoms with Crippen molar-refractivity contribution < 1.29 is 17.9 Å². The maximum Gasteiger partial charge on any atom is 0.220 e. The van der Waals surface area contributed by atoms with Crippen molar-refractivity contribution in [2.45, 2.75) is 11.8 Å². The molecule has 6 nitrogen and oxygen atoms in total. The van der Waals surface area contributed by atoms with Crippen LogP contribution in [-0.2, 0) is 9.84 Å². The van der Waals surface area contributed by atoms with Crippen molar-refractivity contribution in [1.82, 2.24) is 0 Å². The summed E-state index contributed by atoms with van der Waals surface area (Å²) in [6.45, 7) is 1.87. The van der Waals surface area contributed by atoms with Crippen LogP contribution in [0.5, 0.6) is 11.5 Å². The van der Waals surface area contributed by atoms with Gasteiger partial charge in [-0.2, -0.15) is 5.26 Å². The van der Waals surface area contributed by atoms with Gasteiger partial charge in [-0.25, -0.2) is 8.42 Å². The van der Waals surface area contributed by atoms with Gasteiger partial charge in [0.05, 0.1) is 30.5 Å². The van der Waals surface area contributed by atoms with Gasteiger partial charge in [-0.15, -0.1) is 0 Å². The van der Waals surface area contributed by atoms with Crippen LogP contribution in [0.2, 0.25) is 0 Å². The lowest BCUT2D eigenvalue weighted by atomic mass is 10.1. The Morgan fingerprint density at radius 1 is 1.04 bits per heavy atom. The van der Waals surface area contributed by atoms with Crippen LogP contribution in [0.3, 0.4) is 0 Å². The van der Waals surface area contributed by atoms with Gasteiger partial charge < -0.3 is 14.4 Å². The second kappa shape index (κ2) is 6.15. The third-order valence-electron chi connectivity index (χ3n) is 3.96. The molecule has 1 aliphatic rings. The average Bonchev–Trinajstić information content (AvgIpc) is 2.61. The molecule has 0 saturated heterocycles. The highest BCUT2D eigenvalue weighted by Gasteiger charge is 2.33. The van der Waals surface area contributed by atoms with E-state index in [0.717, 1.165) is 5.56 Å². The van der Waals surface area contributed by atoms with E-state index in [9.17, 15) is 13.7 Å². The number of methoxy groups -OCH3 is 2. The maximum absolute atomic E-state index is 12.6. The van der Waals surface area contributed by atoms with Crippen LogP contribution in [0.15, 0.2) is 52.4 Å². The number of aryl methyl sites for hydroxylation is 1. The molecule has 3 rings (SSSR count). The van der Waals surface area contributed by atoms with E-state index in [1.54, 1.807) is 48.4 Å². The summed E-state index contributed by atoms with van der Waals surface area (Å²) in [5, 5.41) is 9.30. The lowest BCUT2D eigenvalue weighted by Gasteiger charge is -2.29. The van der Waals surface area contributed by atoms with E-state index in [1.807, 2.05) is 6.92 Å². The molecule has 0 aromatic heterocycles. The Bertz CT molecular complexity index is 1020. The third kappa shape index (κ3) is 2.71. The lowest BCUT2D eigenvalue weighted by molar-refractivity contribution is 0.395. The minimum atomic E-state index is -3.83. The minimum Gasteiger partial charge on any atom is -0.497 e. The van der Waals surface area contributed by atoms with Crippen molar-refractivity contribution in [2.24, 2.45) is 0 Å². The van der Waals surface area contributed by atoms with E-state index < -0.39 is 9.84 Å². The first-order chi connectivity index (χ1) is 11.9. The van der Waals surface area contributed by atoms with Gasteiger partial charge in [0.15, 0.2) is 4.91 Å². The topological polar surface area (TPSA) is 79.6 Å². The Morgan fingerprint density at radius 3 is 2.44 bits per heavy atom. The molecule has 0 atom stereocenters. The monoisotopic (exact) mass is 356 g/mol. The summed E-state index contributed by atoms with van der Waals surface area (Å²) >= 11 is 0. The molecule has 7 heteroatoms. The van der Waals surface area contributed by atoms with Crippen LogP contribution in [0.25, 0.3) is 0 Å². The molecule has 0 amide bonds. The molecule has 128 valence electrons. The summed E-state index contributed by atoms with van der Waals surface area (Å²) in [6, 6.07) is 12.0. The molecule has 25 heavy (non-hydrogen) atoms. The first-order valence-corrected chi connectivity index (χ1v) is 8.89. The zero-order chi connectivity index (χ0) is 18.2. The number of benzene rings is 2. The van der Waals surface area contributed by atoms with E-state index in [1.165, 1.54) is 19.4 Å². The van der Waals surface area contributed by atoms with Crippen LogP contribution in [0.1, 0.15) is 5.56 Å². The minimum absolute atomic E-state index is 0.0926. The van der Waals surface area contributed by atoms with Crippen molar-refractivity contribution in [3.05, 3.63) is 53.1 Å². The summed E-state index contributed by atoms with van der Waals surface area (Å²) in [6.07, 6.45) is 1.32. The van der Waals surface area contributed by atoms with Gasteiger partial charge in [0.1, 0.15) is 17.6 Å². The fraction of sp³-hybridized carbons (Fsp3) is 0.167. The van der Waals surface area contributed by atoms with Crippen molar-refractivity contribution in [3.8, 4) is 17.6 Å². The molecular formula is C18H16N2O4S. The molecule has 2 aromatic carbocycles. The van der Waals surface area contributed by atoms with Gasteiger partial charge in [-0.05, 0) is 36.8 Å². The lowest BCUT2D eigenvalue weighted by Crippen LogP contribution is -2.21. The van der Waals surface area contributed by atoms with Crippen LogP contribution >= 0.6 is 0 Å². The zero-order valence-corrected chi connectivity index (χ0v) is 14.8. The summed E-state index contributed by atoms with van der Waals surface area (Å²) in [7, 11) is -0.761. The smallest absolute Gasteiger partial charge is 0.220 e. The Kier molecular flexibility index (Phi) is 4.15. The fourth-order valence-corrected chi connectivity index (χ4v) is 3.97. The zero-order valence-electron chi connectivity index (χ0n) is 14.0. The number of hydrogen-bond acceptors (Lipinski definition) is 6. The second-order valence-corrected chi connectivity index (χ2v) is 7.37. The van der Waals surface area contributed by atoms with E-state index in [4.69, 9.17) is 9.47 Å². The number of sulfone groups is 1. The molecule has 0 radical (unpaired) electrons. The van der Waals surface area contributed by atoms with Crippen LogP contribution < -0.4 is 14.4 Å². The number of fused-ring (bicyclic) bond motifs is 1. The number of ether oxygens (including phenoxy) is 2. The molecule has 0 aliphatic carbocycles. The molecule has 0 unspecified atom stereocenters. The van der Waals surface area contributed by atoms with Crippen molar-refractivity contribution in [3.63, 3.8) is 0 Å². The van der Waals surface area contributed by atoms with Gasteiger partial charge in [0.2, 0.25) is 9.84 Å². The number of anilines is 2. The average molecular weight is 356 g/mol. The van der Waals surface area contributed by atoms with Gasteiger partial charge in [-0.3, -0.25) is 0 Å². The molecule has 1 heterocycles. The van der Waals surface area contributed by atoms with Crippen LogP contribution in [0.4, 0.5) is 11.4 Å². The van der Waals surface area contributed by atoms with E-state index in [-0.39, 0.29) is 9.80 Å². The summed E-state index contributed by atoms with van der Waals surface area (Å²) in [5.41, 5.74) is 1.99. The molecule has 2 aromatic rings. The number of nitriles is 1. The Morgan fingerprint density at radius 2 is 1.80 bits per heavy atom. The highest BCUT2D eigenvalue weighted by atomic mass is 32.2. The van der Waals surface area contributed by atoms with Gasteiger partial charge in [-0.1, -0.05) is 6.07 Å². The van der Waals surface area contributed by atoms with Crippen LogP contribution in [-0.4, -0.2) is 22.6 Å². The van der Waals surface area contributed by atoms with E-state index >= 15 is 0 Å². The normalized spacial score (nSPS) is 15.0. The highest BCUT2D eigenvalue weighted by molar-refractivity contribution is 7.95. The Hall–Kier alpha value is -2.98. The molecule has 0 spiro atoms. The maximum atomic E-state index is 12.6. The summed E-state index contributed by atoms with van der Waals surface area (Å²) in [5.74, 6) is 1.11. The quantitative estimate of drug-likeness (QED) is 0.839. The molecule has 1 aliphatic heterocycles. The summed E-state index contributed by atoms with van der Waals surface area (Å²) < 4.78 is 35.8. The number of nitrogens with zero attached hydrogens (tertiary/aromatic N) is 2. The second-order valence-electron chi connectivity index (χ2n) is 5.49. The Labute approximate surface area is 146 Å². The van der Waals surface area contributed by atoms with Crippen molar-refractivity contribution in [2.75, 3.05) is 19.1 Å². The predicted molar refractivity (Wildman–Crippen MR) is 93.7 cm³/mol. The van der Waals surface area contributed by atoms with E-state index in [2.05, 4.69) is 0 Å². The number of allylic oxidation sites excluding steroid dienone is 1. The fourth-order valence-electron chi connectivity index (χ4n) is 2.69. The first kappa shape index (κ1) is 16.9. The van der Waals surface area contributed by atoms with Gasteiger partial charge >= 0.3 is 0 Å². The molecule has 0 bridgehead atoms. The SMILES string of the molecule is COc1ccc(N2C=C(C#N)S(=O)(=O)c3ccc(C)cc32)c(OC)c1. The predicted octanol–water partition coefficient (Wildman–Crippen LogP) is 3.30. The molecule has 0 N–H and O–H groups in total. The van der Waals surface area contributed by atoms with E-state index in [0.29, 0.717) is 22.9 Å².